The van der Waals surface area contributed by atoms with E-state index in [2.05, 4.69) is 15.1 Å². The SMILES string of the molecule is CCOC(=O)c1cc(CC)sc1NC(=O)CN1CCN(c2ccc(O)cc2)CC1. The Morgan fingerprint density at radius 2 is 1.83 bits per heavy atom. The van der Waals surface area contributed by atoms with Crippen molar-refractivity contribution in [3.8, 4) is 5.75 Å². The summed E-state index contributed by atoms with van der Waals surface area (Å²) in [5, 5.41) is 12.9. The van der Waals surface area contributed by atoms with E-state index in [0.717, 1.165) is 43.2 Å². The minimum Gasteiger partial charge on any atom is -0.508 e. The fourth-order valence-corrected chi connectivity index (χ4v) is 4.27. The van der Waals surface area contributed by atoms with Crippen LogP contribution in [0, 0.1) is 0 Å². The van der Waals surface area contributed by atoms with Gasteiger partial charge in [-0.15, -0.1) is 11.3 Å². The molecule has 1 aromatic heterocycles. The number of hydrogen-bond acceptors (Lipinski definition) is 7. The zero-order valence-electron chi connectivity index (χ0n) is 16.8. The molecule has 29 heavy (non-hydrogen) atoms. The third-order valence-corrected chi connectivity index (χ3v) is 6.03. The quantitative estimate of drug-likeness (QED) is 0.674. The number of anilines is 2. The molecule has 7 nitrogen and oxygen atoms in total. The maximum absolute atomic E-state index is 12.6. The molecule has 1 aliphatic heterocycles. The van der Waals surface area contributed by atoms with Crippen LogP contribution in [0.3, 0.4) is 0 Å². The number of hydrogen-bond donors (Lipinski definition) is 2. The standard InChI is InChI=1S/C21H27N3O4S/c1-3-17-13-18(21(27)28-4-2)20(29-17)22-19(26)14-23-9-11-24(12-10-23)15-5-7-16(25)8-6-15/h5-8,13,25H,3-4,9-12,14H2,1-2H3,(H,22,26). The Hall–Kier alpha value is -2.58. The van der Waals surface area contributed by atoms with Crippen LogP contribution in [0.1, 0.15) is 29.1 Å². The summed E-state index contributed by atoms with van der Waals surface area (Å²) in [6.07, 6.45) is 0.798. The summed E-state index contributed by atoms with van der Waals surface area (Å²) in [5.41, 5.74) is 1.50. The lowest BCUT2D eigenvalue weighted by Gasteiger charge is -2.35. The van der Waals surface area contributed by atoms with Crippen molar-refractivity contribution in [1.29, 1.82) is 0 Å². The molecule has 1 fully saturated rings. The van der Waals surface area contributed by atoms with Crippen LogP contribution in [0.2, 0.25) is 0 Å². The van der Waals surface area contributed by atoms with E-state index in [1.165, 1.54) is 11.3 Å². The summed E-state index contributed by atoms with van der Waals surface area (Å²) in [4.78, 5) is 30.1. The lowest BCUT2D eigenvalue weighted by atomic mass is 10.2. The van der Waals surface area contributed by atoms with E-state index in [4.69, 9.17) is 4.74 Å². The number of benzene rings is 1. The van der Waals surface area contributed by atoms with Crippen LogP contribution in [-0.2, 0) is 16.0 Å². The molecule has 1 aliphatic rings. The Balaban J connectivity index is 1.54. The van der Waals surface area contributed by atoms with E-state index in [1.54, 1.807) is 25.1 Å². The molecule has 0 spiro atoms. The summed E-state index contributed by atoms with van der Waals surface area (Å²) in [6, 6.07) is 8.96. The van der Waals surface area contributed by atoms with Crippen LogP contribution < -0.4 is 10.2 Å². The van der Waals surface area contributed by atoms with E-state index in [1.807, 2.05) is 19.1 Å². The van der Waals surface area contributed by atoms with Gasteiger partial charge in [0.25, 0.3) is 0 Å². The van der Waals surface area contributed by atoms with Gasteiger partial charge in [-0.1, -0.05) is 6.92 Å². The lowest BCUT2D eigenvalue weighted by molar-refractivity contribution is -0.117. The molecule has 2 heterocycles. The number of rotatable bonds is 7. The predicted molar refractivity (Wildman–Crippen MR) is 115 cm³/mol. The second-order valence-electron chi connectivity index (χ2n) is 6.86. The molecule has 1 amide bonds. The van der Waals surface area contributed by atoms with Crippen LogP contribution in [0.25, 0.3) is 0 Å². The second kappa shape index (κ2) is 9.76. The number of nitrogens with zero attached hydrogens (tertiary/aromatic N) is 2. The van der Waals surface area contributed by atoms with Crippen LogP contribution >= 0.6 is 11.3 Å². The van der Waals surface area contributed by atoms with Crippen molar-refractivity contribution >= 4 is 33.9 Å². The third-order valence-electron chi connectivity index (χ3n) is 4.83. The van der Waals surface area contributed by atoms with E-state index >= 15 is 0 Å². The van der Waals surface area contributed by atoms with Gasteiger partial charge in [0.1, 0.15) is 10.8 Å². The molecule has 0 aliphatic carbocycles. The van der Waals surface area contributed by atoms with Crippen molar-refractivity contribution in [3.05, 3.63) is 40.8 Å². The summed E-state index contributed by atoms with van der Waals surface area (Å²) in [6.45, 7) is 7.52. The van der Waals surface area contributed by atoms with Gasteiger partial charge in [-0.3, -0.25) is 9.69 Å². The molecule has 0 saturated carbocycles. The monoisotopic (exact) mass is 417 g/mol. The molecule has 0 unspecified atom stereocenters. The molecule has 3 rings (SSSR count). The molecule has 2 aromatic rings. The van der Waals surface area contributed by atoms with Crippen molar-refractivity contribution in [2.24, 2.45) is 0 Å². The lowest BCUT2D eigenvalue weighted by Crippen LogP contribution is -2.48. The van der Waals surface area contributed by atoms with Crippen molar-refractivity contribution in [2.75, 3.05) is 49.5 Å². The Labute approximate surface area is 174 Å². The smallest absolute Gasteiger partial charge is 0.341 e. The number of thiophene rings is 1. The van der Waals surface area contributed by atoms with Gasteiger partial charge in [-0.2, -0.15) is 0 Å². The third kappa shape index (κ3) is 5.48. The Kier molecular flexibility index (Phi) is 7.11. The zero-order valence-corrected chi connectivity index (χ0v) is 17.6. The first-order valence-electron chi connectivity index (χ1n) is 9.86. The fourth-order valence-electron chi connectivity index (χ4n) is 3.27. The highest BCUT2D eigenvalue weighted by Gasteiger charge is 2.22. The largest absolute Gasteiger partial charge is 0.508 e. The number of phenolic OH excluding ortho intramolecular Hbond substituents is 1. The Morgan fingerprint density at radius 1 is 1.14 bits per heavy atom. The predicted octanol–water partition coefficient (Wildman–Crippen LogP) is 2.95. The number of carbonyl (C=O) groups is 2. The highest BCUT2D eigenvalue weighted by Crippen LogP contribution is 2.29. The molecule has 0 radical (unpaired) electrons. The van der Waals surface area contributed by atoms with E-state index < -0.39 is 5.97 Å². The summed E-state index contributed by atoms with van der Waals surface area (Å²) in [7, 11) is 0. The van der Waals surface area contributed by atoms with Crippen LogP contribution in [0.5, 0.6) is 5.75 Å². The minimum atomic E-state index is -0.402. The molecular weight excluding hydrogens is 390 g/mol. The first-order chi connectivity index (χ1) is 14.0. The Bertz CT molecular complexity index is 842. The van der Waals surface area contributed by atoms with Crippen LogP contribution in [0.4, 0.5) is 10.7 Å². The molecule has 1 saturated heterocycles. The topological polar surface area (TPSA) is 82.1 Å². The van der Waals surface area contributed by atoms with Gasteiger partial charge in [0.2, 0.25) is 5.91 Å². The number of nitrogens with one attached hydrogen (secondary N) is 1. The van der Waals surface area contributed by atoms with E-state index in [9.17, 15) is 14.7 Å². The van der Waals surface area contributed by atoms with Gasteiger partial charge < -0.3 is 20.1 Å². The molecule has 0 atom stereocenters. The first-order valence-corrected chi connectivity index (χ1v) is 10.7. The number of ether oxygens (including phenoxy) is 1. The summed E-state index contributed by atoms with van der Waals surface area (Å²) in [5.74, 6) is -0.273. The number of aromatic hydroxyl groups is 1. The summed E-state index contributed by atoms with van der Waals surface area (Å²) < 4.78 is 5.10. The van der Waals surface area contributed by atoms with Crippen molar-refractivity contribution in [2.45, 2.75) is 20.3 Å². The fraction of sp³-hybridized carbons (Fsp3) is 0.429. The molecule has 1 aromatic carbocycles. The van der Waals surface area contributed by atoms with Gasteiger partial charge in [0.05, 0.1) is 18.7 Å². The van der Waals surface area contributed by atoms with Crippen LogP contribution in [-0.4, -0.2) is 61.2 Å². The normalized spacial score (nSPS) is 14.6. The number of aryl methyl sites for hydroxylation is 1. The molecule has 8 heteroatoms. The van der Waals surface area contributed by atoms with Gasteiger partial charge in [0.15, 0.2) is 0 Å². The summed E-state index contributed by atoms with van der Waals surface area (Å²) >= 11 is 1.42. The van der Waals surface area contributed by atoms with Gasteiger partial charge in [0, 0.05) is 36.7 Å². The van der Waals surface area contributed by atoms with Crippen molar-refractivity contribution < 1.29 is 19.4 Å². The average Bonchev–Trinajstić information content (AvgIpc) is 3.12. The number of amides is 1. The maximum Gasteiger partial charge on any atom is 0.341 e. The maximum atomic E-state index is 12.6. The van der Waals surface area contributed by atoms with Crippen molar-refractivity contribution in [3.63, 3.8) is 0 Å². The van der Waals surface area contributed by atoms with Gasteiger partial charge in [-0.25, -0.2) is 4.79 Å². The molecule has 156 valence electrons. The van der Waals surface area contributed by atoms with Gasteiger partial charge in [-0.05, 0) is 43.7 Å². The number of carbonyl (C=O) groups excluding carboxylic acids is 2. The van der Waals surface area contributed by atoms with E-state index in [-0.39, 0.29) is 18.2 Å². The highest BCUT2D eigenvalue weighted by atomic mass is 32.1. The number of piperazine rings is 1. The second-order valence-corrected chi connectivity index (χ2v) is 7.99. The molecular formula is C21H27N3O4S. The average molecular weight is 418 g/mol. The first kappa shape index (κ1) is 21.1. The van der Waals surface area contributed by atoms with Gasteiger partial charge >= 0.3 is 5.97 Å². The van der Waals surface area contributed by atoms with Crippen molar-refractivity contribution in [1.82, 2.24) is 4.90 Å². The van der Waals surface area contributed by atoms with E-state index in [0.29, 0.717) is 17.2 Å². The molecule has 0 bridgehead atoms. The number of phenols is 1. The molecule has 2 N–H and O–H groups in total. The van der Waals surface area contributed by atoms with Crippen LogP contribution in [0.15, 0.2) is 30.3 Å². The minimum absolute atomic E-state index is 0.127. The highest BCUT2D eigenvalue weighted by molar-refractivity contribution is 7.16. The number of esters is 1. The zero-order chi connectivity index (χ0) is 20.8. The Morgan fingerprint density at radius 3 is 2.45 bits per heavy atom.